The van der Waals surface area contributed by atoms with Gasteiger partial charge in [-0.05, 0) is 89.8 Å². The molecular formula is C22H28S. The smallest absolute Gasteiger partial charge is 0.00327 e. The van der Waals surface area contributed by atoms with Gasteiger partial charge < -0.3 is 0 Å². The molecule has 4 unspecified atom stereocenters. The zero-order valence-electron chi connectivity index (χ0n) is 14.4. The summed E-state index contributed by atoms with van der Waals surface area (Å²) in [6, 6.07) is 13.8. The van der Waals surface area contributed by atoms with Crippen LogP contribution in [-0.2, 0) is 5.41 Å². The zero-order chi connectivity index (χ0) is 16.0. The van der Waals surface area contributed by atoms with Crippen LogP contribution >= 0.6 is 12.6 Å². The second-order valence-electron chi connectivity index (χ2n) is 8.36. The van der Waals surface area contributed by atoms with Crippen LogP contribution in [0.1, 0.15) is 50.2 Å². The van der Waals surface area contributed by atoms with Crippen LogP contribution in [0.15, 0.2) is 36.4 Å². The molecule has 2 bridgehead atoms. The summed E-state index contributed by atoms with van der Waals surface area (Å²) in [7, 11) is 0. The minimum Gasteiger partial charge on any atom is -0.179 e. The van der Waals surface area contributed by atoms with Gasteiger partial charge in [-0.1, -0.05) is 43.3 Å². The molecular weight excluding hydrogens is 296 g/mol. The second kappa shape index (κ2) is 5.84. The van der Waals surface area contributed by atoms with E-state index in [1.54, 1.807) is 5.56 Å². The summed E-state index contributed by atoms with van der Waals surface area (Å²) in [4.78, 5) is 0. The summed E-state index contributed by atoms with van der Waals surface area (Å²) in [6.45, 7) is 4.71. The molecule has 1 heteroatoms. The number of fused-ring (bicyclic) bond motifs is 3. The third kappa shape index (κ3) is 2.61. The fourth-order valence-electron chi connectivity index (χ4n) is 5.87. The summed E-state index contributed by atoms with van der Waals surface area (Å²) in [5.41, 5.74) is 3.42. The maximum Gasteiger partial charge on any atom is -0.00327 e. The molecule has 4 rings (SSSR count). The van der Waals surface area contributed by atoms with Crippen LogP contribution in [0.4, 0.5) is 0 Å². The summed E-state index contributed by atoms with van der Waals surface area (Å²) < 4.78 is 0. The van der Waals surface area contributed by atoms with Crippen molar-refractivity contribution >= 4 is 23.4 Å². The molecule has 0 amide bonds. The molecule has 0 nitrogen and oxygen atoms in total. The first-order chi connectivity index (χ1) is 11.1. The highest BCUT2D eigenvalue weighted by atomic mass is 32.1. The maximum atomic E-state index is 4.67. The van der Waals surface area contributed by atoms with Gasteiger partial charge in [0.05, 0.1) is 0 Å². The van der Waals surface area contributed by atoms with Crippen molar-refractivity contribution in [3.63, 3.8) is 0 Å². The van der Waals surface area contributed by atoms with Crippen molar-refractivity contribution in [3.8, 4) is 0 Å². The van der Waals surface area contributed by atoms with E-state index in [0.717, 1.165) is 23.5 Å². The lowest BCUT2D eigenvalue weighted by molar-refractivity contribution is 0.0806. The SMILES string of the molecule is Cc1ccc(C23CC(C)CC(CC(CS)C2)C3)c2ccccc12. The molecule has 4 atom stereocenters. The van der Waals surface area contributed by atoms with E-state index in [1.165, 1.54) is 48.4 Å². The van der Waals surface area contributed by atoms with Gasteiger partial charge in [-0.3, -0.25) is 0 Å². The maximum absolute atomic E-state index is 4.67. The zero-order valence-corrected chi connectivity index (χ0v) is 15.3. The Morgan fingerprint density at radius 1 is 1.00 bits per heavy atom. The van der Waals surface area contributed by atoms with Gasteiger partial charge in [0.2, 0.25) is 0 Å². The lowest BCUT2D eigenvalue weighted by atomic mass is 9.54. The van der Waals surface area contributed by atoms with Gasteiger partial charge in [0.1, 0.15) is 0 Å². The summed E-state index contributed by atoms with van der Waals surface area (Å²) >= 11 is 4.67. The summed E-state index contributed by atoms with van der Waals surface area (Å²) in [5.74, 6) is 3.61. The van der Waals surface area contributed by atoms with E-state index in [9.17, 15) is 0 Å². The lowest BCUT2D eigenvalue weighted by Gasteiger charge is -2.51. The number of benzene rings is 2. The van der Waals surface area contributed by atoms with Gasteiger partial charge in [-0.25, -0.2) is 0 Å². The van der Waals surface area contributed by atoms with Gasteiger partial charge in [-0.15, -0.1) is 0 Å². The van der Waals surface area contributed by atoms with Crippen molar-refractivity contribution < 1.29 is 0 Å². The largest absolute Gasteiger partial charge is 0.179 e. The highest BCUT2D eigenvalue weighted by Crippen LogP contribution is 2.55. The number of hydrogen-bond acceptors (Lipinski definition) is 1. The van der Waals surface area contributed by atoms with Crippen molar-refractivity contribution in [1.82, 2.24) is 0 Å². The van der Waals surface area contributed by atoms with E-state index in [2.05, 4.69) is 62.9 Å². The van der Waals surface area contributed by atoms with Gasteiger partial charge >= 0.3 is 0 Å². The second-order valence-corrected chi connectivity index (χ2v) is 8.72. The Morgan fingerprint density at radius 2 is 1.78 bits per heavy atom. The Morgan fingerprint density at radius 3 is 2.57 bits per heavy atom. The Balaban J connectivity index is 1.89. The Bertz CT molecular complexity index is 715. The van der Waals surface area contributed by atoms with Crippen LogP contribution < -0.4 is 0 Å². The topological polar surface area (TPSA) is 0 Å². The highest BCUT2D eigenvalue weighted by Gasteiger charge is 2.46. The van der Waals surface area contributed by atoms with Crippen LogP contribution in [0, 0.1) is 24.7 Å². The van der Waals surface area contributed by atoms with Crippen molar-refractivity contribution in [1.29, 1.82) is 0 Å². The Kier molecular flexibility index (Phi) is 3.96. The van der Waals surface area contributed by atoms with Crippen molar-refractivity contribution in [2.45, 2.75) is 51.4 Å². The molecule has 0 spiro atoms. The van der Waals surface area contributed by atoms with E-state index in [-0.39, 0.29) is 0 Å². The first kappa shape index (κ1) is 15.6. The van der Waals surface area contributed by atoms with Crippen LogP contribution in [0.5, 0.6) is 0 Å². The van der Waals surface area contributed by atoms with Gasteiger partial charge in [0.15, 0.2) is 0 Å². The van der Waals surface area contributed by atoms with Crippen LogP contribution in [0.25, 0.3) is 10.8 Å². The summed E-state index contributed by atoms with van der Waals surface area (Å²) in [5, 5.41) is 2.95. The average molecular weight is 325 g/mol. The number of hydrogen-bond donors (Lipinski definition) is 1. The lowest BCUT2D eigenvalue weighted by Crippen LogP contribution is -2.43. The minimum absolute atomic E-state index is 0.390. The van der Waals surface area contributed by atoms with E-state index < -0.39 is 0 Å². The molecule has 2 aromatic carbocycles. The minimum atomic E-state index is 0.390. The standard InChI is InChI=1S/C22H28S/c1-15-9-17-10-18(14-23)13-22(11-15,12-17)21-8-7-16(2)19-5-3-4-6-20(19)21/h3-8,15,17-18,23H,9-14H2,1-2H3. The molecule has 23 heavy (non-hydrogen) atoms. The molecule has 0 aliphatic heterocycles. The van der Waals surface area contributed by atoms with Crippen LogP contribution in [0.2, 0.25) is 0 Å². The Labute approximate surface area is 146 Å². The molecule has 0 heterocycles. The van der Waals surface area contributed by atoms with Crippen molar-refractivity contribution in [2.24, 2.45) is 17.8 Å². The average Bonchev–Trinajstić information content (AvgIpc) is 2.54. The first-order valence-electron chi connectivity index (χ1n) is 9.21. The van der Waals surface area contributed by atoms with E-state index in [1.807, 2.05) is 0 Å². The van der Waals surface area contributed by atoms with Gasteiger partial charge in [0.25, 0.3) is 0 Å². The molecule has 2 fully saturated rings. The van der Waals surface area contributed by atoms with Crippen LogP contribution in [-0.4, -0.2) is 5.75 Å². The Hall–Kier alpha value is -0.950. The number of rotatable bonds is 2. The van der Waals surface area contributed by atoms with E-state index in [4.69, 9.17) is 0 Å². The molecule has 2 saturated carbocycles. The molecule has 2 aliphatic carbocycles. The first-order valence-corrected chi connectivity index (χ1v) is 9.84. The number of thiol groups is 1. The van der Waals surface area contributed by atoms with Gasteiger partial charge in [-0.2, -0.15) is 12.6 Å². The highest BCUT2D eigenvalue weighted by molar-refractivity contribution is 7.80. The fraction of sp³-hybridized carbons (Fsp3) is 0.545. The van der Waals surface area contributed by atoms with E-state index in [0.29, 0.717) is 5.41 Å². The predicted octanol–water partition coefficient (Wildman–Crippen LogP) is 6.16. The van der Waals surface area contributed by atoms with E-state index >= 15 is 0 Å². The molecule has 0 N–H and O–H groups in total. The third-order valence-corrected chi connectivity index (χ3v) is 6.99. The molecule has 0 saturated heterocycles. The van der Waals surface area contributed by atoms with Gasteiger partial charge in [0, 0.05) is 0 Å². The third-order valence-electron chi connectivity index (χ3n) is 6.47. The fourth-order valence-corrected chi connectivity index (χ4v) is 6.15. The number of aryl methyl sites for hydroxylation is 1. The molecule has 2 aliphatic rings. The molecule has 122 valence electrons. The molecule has 2 aromatic rings. The van der Waals surface area contributed by atoms with Crippen LogP contribution in [0.3, 0.4) is 0 Å². The quantitative estimate of drug-likeness (QED) is 0.628. The van der Waals surface area contributed by atoms with Crippen molar-refractivity contribution in [3.05, 3.63) is 47.5 Å². The normalized spacial score (nSPS) is 33.8. The van der Waals surface area contributed by atoms with Crippen molar-refractivity contribution in [2.75, 3.05) is 5.75 Å². The molecule has 0 aromatic heterocycles. The summed E-state index contributed by atoms with van der Waals surface area (Å²) in [6.07, 6.45) is 6.93. The molecule has 0 radical (unpaired) electrons. The monoisotopic (exact) mass is 324 g/mol. The predicted molar refractivity (Wildman–Crippen MR) is 103 cm³/mol.